The van der Waals surface area contributed by atoms with Crippen molar-refractivity contribution in [2.75, 3.05) is 0 Å². The lowest BCUT2D eigenvalue weighted by Crippen LogP contribution is -2.16. The van der Waals surface area contributed by atoms with Crippen LogP contribution in [0.4, 0.5) is 0 Å². The van der Waals surface area contributed by atoms with Crippen LogP contribution in [0.3, 0.4) is 0 Å². The van der Waals surface area contributed by atoms with Crippen LogP contribution in [0.1, 0.15) is 12.5 Å². The first-order chi connectivity index (χ1) is 6.70. The van der Waals surface area contributed by atoms with Crippen LogP contribution < -0.4 is 0 Å². The van der Waals surface area contributed by atoms with E-state index in [-0.39, 0.29) is 10.9 Å². The number of rotatable bonds is 2. The molecule has 0 fully saturated rings. The van der Waals surface area contributed by atoms with E-state index in [1.165, 1.54) is 6.92 Å². The fraction of sp³-hybridized carbons (Fsp3) is 0.0909. The first-order valence-corrected chi connectivity index (χ1v) is 5.04. The van der Waals surface area contributed by atoms with Crippen LogP contribution in [0, 0.1) is 0 Å². The van der Waals surface area contributed by atoms with Gasteiger partial charge in [-0.2, -0.15) is 0 Å². The molecule has 0 N–H and O–H groups in total. The van der Waals surface area contributed by atoms with E-state index in [0.717, 1.165) is 22.2 Å². The topological polar surface area (TPSA) is 34.1 Å². The lowest BCUT2D eigenvalue weighted by atomic mass is 10.1. The van der Waals surface area contributed by atoms with Crippen molar-refractivity contribution < 1.29 is 9.59 Å². The molecular weight excluding hydrogens is 196 g/mol. The van der Waals surface area contributed by atoms with Crippen molar-refractivity contribution in [3.8, 4) is 0 Å². The molecule has 0 saturated heterocycles. The summed E-state index contributed by atoms with van der Waals surface area (Å²) in [6.45, 7) is 1.43. The number of ketones is 1. The molecule has 0 atom stereocenters. The highest BCUT2D eigenvalue weighted by Crippen LogP contribution is 2.42. The molecule has 1 aromatic rings. The lowest BCUT2D eigenvalue weighted by molar-refractivity contribution is -0.116. The quantitative estimate of drug-likeness (QED) is 0.693. The third-order valence-electron chi connectivity index (χ3n) is 2.01. The Morgan fingerprint density at radius 2 is 1.86 bits per heavy atom. The SMILES string of the molecule is CC(=O)C1=C(c2ccccc2)SC1=O. The van der Waals surface area contributed by atoms with Crippen LogP contribution in [0.5, 0.6) is 0 Å². The number of hydrogen-bond acceptors (Lipinski definition) is 3. The average Bonchev–Trinajstić information content (AvgIpc) is 2.14. The van der Waals surface area contributed by atoms with Gasteiger partial charge in [0.2, 0.25) is 5.12 Å². The van der Waals surface area contributed by atoms with Gasteiger partial charge in [0.15, 0.2) is 5.78 Å². The minimum atomic E-state index is -0.146. The second-order valence-electron chi connectivity index (χ2n) is 3.02. The first-order valence-electron chi connectivity index (χ1n) is 4.23. The van der Waals surface area contributed by atoms with Gasteiger partial charge < -0.3 is 0 Å². The molecule has 1 aliphatic heterocycles. The monoisotopic (exact) mass is 204 g/mol. The Morgan fingerprint density at radius 3 is 2.36 bits per heavy atom. The van der Waals surface area contributed by atoms with Gasteiger partial charge >= 0.3 is 0 Å². The predicted molar refractivity (Wildman–Crippen MR) is 56.6 cm³/mol. The molecular formula is C11H8O2S. The molecule has 1 heterocycles. The van der Waals surface area contributed by atoms with Gasteiger partial charge in [-0.15, -0.1) is 0 Å². The summed E-state index contributed by atoms with van der Waals surface area (Å²) in [5, 5.41) is -0.114. The van der Waals surface area contributed by atoms with Crippen LogP contribution in [0.15, 0.2) is 35.9 Å². The summed E-state index contributed by atoms with van der Waals surface area (Å²) in [5.41, 5.74) is 1.29. The van der Waals surface area contributed by atoms with Gasteiger partial charge in [0.25, 0.3) is 0 Å². The second kappa shape index (κ2) is 3.42. The van der Waals surface area contributed by atoms with Crippen molar-refractivity contribution in [1.82, 2.24) is 0 Å². The third-order valence-corrected chi connectivity index (χ3v) is 3.05. The van der Waals surface area contributed by atoms with E-state index in [0.29, 0.717) is 5.57 Å². The van der Waals surface area contributed by atoms with Crippen molar-refractivity contribution in [3.63, 3.8) is 0 Å². The van der Waals surface area contributed by atoms with Crippen LogP contribution in [0.2, 0.25) is 0 Å². The fourth-order valence-electron chi connectivity index (χ4n) is 1.34. The predicted octanol–water partition coefficient (Wildman–Crippen LogP) is 2.26. The van der Waals surface area contributed by atoms with Crippen LogP contribution in [0.25, 0.3) is 4.91 Å². The highest BCUT2D eigenvalue weighted by atomic mass is 32.2. The zero-order chi connectivity index (χ0) is 10.1. The van der Waals surface area contributed by atoms with Gasteiger partial charge in [-0.1, -0.05) is 30.3 Å². The molecule has 0 aliphatic carbocycles. The summed E-state index contributed by atoms with van der Waals surface area (Å²) in [7, 11) is 0. The zero-order valence-electron chi connectivity index (χ0n) is 7.61. The molecule has 0 amide bonds. The highest BCUT2D eigenvalue weighted by molar-refractivity contribution is 8.24. The van der Waals surface area contributed by atoms with Gasteiger partial charge in [-0.25, -0.2) is 0 Å². The highest BCUT2D eigenvalue weighted by Gasteiger charge is 2.32. The maximum absolute atomic E-state index is 11.1. The standard InChI is InChI=1S/C11H8O2S/c1-7(12)9-10(14-11(9)13)8-5-3-2-4-6-8/h2-6H,1H3. The Hall–Kier alpha value is -1.35. The van der Waals surface area contributed by atoms with E-state index >= 15 is 0 Å². The summed E-state index contributed by atoms with van der Waals surface area (Å²) >= 11 is 1.14. The molecule has 0 bridgehead atoms. The third kappa shape index (κ3) is 1.40. The Balaban J connectivity index is 2.47. The molecule has 1 aliphatic rings. The number of carbonyl (C=O) groups is 2. The van der Waals surface area contributed by atoms with E-state index in [1.54, 1.807) is 0 Å². The molecule has 0 aromatic heterocycles. The van der Waals surface area contributed by atoms with Crippen LogP contribution in [-0.4, -0.2) is 10.9 Å². The van der Waals surface area contributed by atoms with Crippen molar-refractivity contribution in [3.05, 3.63) is 41.5 Å². The molecule has 14 heavy (non-hydrogen) atoms. The molecule has 70 valence electrons. The Kier molecular flexibility index (Phi) is 2.25. The van der Waals surface area contributed by atoms with Crippen LogP contribution >= 0.6 is 11.8 Å². The number of carbonyl (C=O) groups excluding carboxylic acids is 2. The first kappa shape index (κ1) is 9.21. The van der Waals surface area contributed by atoms with Crippen molar-refractivity contribution in [1.29, 1.82) is 0 Å². The molecule has 2 nitrogen and oxygen atoms in total. The van der Waals surface area contributed by atoms with Gasteiger partial charge in [0.05, 0.1) is 5.57 Å². The van der Waals surface area contributed by atoms with E-state index in [9.17, 15) is 9.59 Å². The Labute approximate surface area is 86.0 Å². The molecule has 1 aromatic carbocycles. The second-order valence-corrected chi connectivity index (χ2v) is 4.00. The fourth-order valence-corrected chi connectivity index (χ4v) is 2.31. The van der Waals surface area contributed by atoms with E-state index in [1.807, 2.05) is 30.3 Å². The molecule has 3 heteroatoms. The molecule has 0 radical (unpaired) electrons. The summed E-state index contributed by atoms with van der Waals surface area (Å²) < 4.78 is 0. The Morgan fingerprint density at radius 1 is 1.21 bits per heavy atom. The summed E-state index contributed by atoms with van der Waals surface area (Å²) in [6.07, 6.45) is 0. The maximum atomic E-state index is 11.1. The maximum Gasteiger partial charge on any atom is 0.228 e. The van der Waals surface area contributed by atoms with Gasteiger partial charge in [0.1, 0.15) is 0 Å². The molecule has 0 saturated carbocycles. The minimum absolute atomic E-state index is 0.114. The van der Waals surface area contributed by atoms with Crippen molar-refractivity contribution in [2.45, 2.75) is 6.92 Å². The molecule has 0 spiro atoms. The average molecular weight is 204 g/mol. The summed E-state index contributed by atoms with van der Waals surface area (Å²) in [5.74, 6) is -0.146. The number of thioether (sulfide) groups is 1. The van der Waals surface area contributed by atoms with E-state index < -0.39 is 0 Å². The molecule has 2 rings (SSSR count). The molecule has 0 unspecified atom stereocenters. The van der Waals surface area contributed by atoms with E-state index in [4.69, 9.17) is 0 Å². The lowest BCUT2D eigenvalue weighted by Gasteiger charge is -2.19. The van der Waals surface area contributed by atoms with Gasteiger partial charge in [0, 0.05) is 4.91 Å². The van der Waals surface area contributed by atoms with E-state index in [2.05, 4.69) is 0 Å². The largest absolute Gasteiger partial charge is 0.294 e. The van der Waals surface area contributed by atoms with Gasteiger partial charge in [-0.3, -0.25) is 9.59 Å². The Bertz CT molecular complexity index is 432. The number of benzene rings is 1. The minimum Gasteiger partial charge on any atom is -0.294 e. The van der Waals surface area contributed by atoms with Crippen molar-refractivity contribution in [2.24, 2.45) is 0 Å². The summed E-state index contributed by atoms with van der Waals surface area (Å²) in [6, 6.07) is 9.49. The zero-order valence-corrected chi connectivity index (χ0v) is 8.43. The van der Waals surface area contributed by atoms with Crippen LogP contribution in [-0.2, 0) is 9.59 Å². The normalized spacial score (nSPS) is 15.4. The number of hydrogen-bond donors (Lipinski definition) is 0. The summed E-state index contributed by atoms with van der Waals surface area (Å²) in [4.78, 5) is 23.1. The van der Waals surface area contributed by atoms with Gasteiger partial charge in [-0.05, 0) is 24.2 Å². The number of Topliss-reactive ketones (excluding diaryl/α,β-unsaturated/α-hetero) is 1. The smallest absolute Gasteiger partial charge is 0.228 e. The van der Waals surface area contributed by atoms with Crippen molar-refractivity contribution >= 4 is 27.6 Å².